The average molecular weight is 243 g/mol. The number of rotatable bonds is 3. The van der Waals surface area contributed by atoms with Gasteiger partial charge in [-0.1, -0.05) is 30.3 Å². The van der Waals surface area contributed by atoms with Crippen molar-refractivity contribution in [1.82, 2.24) is 0 Å². The summed E-state index contributed by atoms with van der Waals surface area (Å²) in [5.41, 5.74) is 1.17. The summed E-state index contributed by atoms with van der Waals surface area (Å²) in [5, 5.41) is 0. The van der Waals surface area contributed by atoms with Gasteiger partial charge in [0.05, 0.1) is 0 Å². The first kappa shape index (κ1) is 15.3. The van der Waals surface area contributed by atoms with Crippen LogP contribution >= 0.6 is 0 Å². The summed E-state index contributed by atoms with van der Waals surface area (Å²) in [6.07, 6.45) is 0. The molecule has 0 aliphatic carbocycles. The van der Waals surface area contributed by atoms with E-state index >= 15 is 0 Å². The molecule has 2 aromatic carbocycles. The fourth-order valence-corrected chi connectivity index (χ4v) is 1.20. The van der Waals surface area contributed by atoms with Crippen LogP contribution in [0.2, 0.25) is 0 Å². The van der Waals surface area contributed by atoms with Gasteiger partial charge >= 0.3 is 23.1 Å². The molecule has 1 nitrogen and oxygen atoms in total. The molecule has 0 unspecified atom stereocenters. The van der Waals surface area contributed by atoms with Gasteiger partial charge in [-0.2, -0.15) is 18.2 Å². The molecule has 2 rings (SSSR count). The van der Waals surface area contributed by atoms with E-state index in [-0.39, 0.29) is 35.5 Å². The van der Waals surface area contributed by atoms with Crippen LogP contribution in [0.25, 0.3) is 0 Å². The van der Waals surface area contributed by atoms with E-state index < -0.39 is 0 Å². The maximum atomic E-state index is 5.54. The topological polar surface area (TPSA) is 9.23 Å². The number of halogens is 1. The minimum atomic E-state index is 0. The summed E-state index contributed by atoms with van der Waals surface area (Å²) in [4.78, 5) is 0. The number of benzene rings is 2. The third kappa shape index (κ3) is 4.88. The number of hydrogen-bond acceptors (Lipinski definition) is 1. The Hall–Kier alpha value is -0.704. The largest absolute Gasteiger partial charge is 2.00 e. The fourth-order valence-electron chi connectivity index (χ4n) is 1.20. The molecule has 0 spiro atoms. The van der Waals surface area contributed by atoms with Crippen LogP contribution in [0.5, 0.6) is 5.75 Å². The maximum Gasteiger partial charge on any atom is 2.00 e. The zero-order valence-corrected chi connectivity index (χ0v) is 11.1. The molecule has 0 aromatic heterocycles. The standard InChI is InChI=1S/C13H11O.ClH.Mg/c1-3-7-12(8-4-1)11-14-13-9-5-2-6-10-13;;/h1-9H,11H2;1H;/q-1;;+2/p-1. The smallest absolute Gasteiger partial charge is 1.00 e. The predicted molar refractivity (Wildman–Crippen MR) is 61.8 cm³/mol. The van der Waals surface area contributed by atoms with Gasteiger partial charge in [-0.25, -0.2) is 0 Å². The van der Waals surface area contributed by atoms with Crippen LogP contribution in [-0.4, -0.2) is 23.1 Å². The molecule has 0 aliphatic rings. The molecule has 0 heterocycles. The Kier molecular flexibility index (Phi) is 8.08. The Morgan fingerprint density at radius 2 is 1.62 bits per heavy atom. The summed E-state index contributed by atoms with van der Waals surface area (Å²) in [5.74, 6) is 0.788. The normalized spacial score (nSPS) is 8.50. The first-order valence-electron chi connectivity index (χ1n) is 4.58. The first-order chi connectivity index (χ1) is 6.95. The van der Waals surface area contributed by atoms with Gasteiger partial charge in [0.1, 0.15) is 6.61 Å². The first-order valence-corrected chi connectivity index (χ1v) is 4.58. The number of para-hydroxylation sites is 1. The maximum absolute atomic E-state index is 5.54. The Morgan fingerprint density at radius 1 is 0.938 bits per heavy atom. The van der Waals surface area contributed by atoms with Crippen LogP contribution in [0.4, 0.5) is 0 Å². The SMILES string of the molecule is [Cl-].[Mg+2].[c-]1ccccc1OCc1ccccc1. The number of hydrogen-bond donors (Lipinski definition) is 0. The fraction of sp³-hybridized carbons (Fsp3) is 0.0769. The summed E-state index contributed by atoms with van der Waals surface area (Å²) in [6, 6.07) is 20.7. The van der Waals surface area contributed by atoms with Crippen LogP contribution in [0.1, 0.15) is 5.56 Å². The van der Waals surface area contributed by atoms with E-state index in [0.29, 0.717) is 6.61 Å². The van der Waals surface area contributed by atoms with Crippen molar-refractivity contribution < 1.29 is 17.1 Å². The zero-order chi connectivity index (χ0) is 9.64. The molecule has 16 heavy (non-hydrogen) atoms. The van der Waals surface area contributed by atoms with Crippen molar-refractivity contribution in [2.45, 2.75) is 6.61 Å². The molecule has 0 bridgehead atoms. The van der Waals surface area contributed by atoms with Crippen molar-refractivity contribution >= 4 is 23.1 Å². The molecular formula is C13H11ClMgO. The molecule has 0 atom stereocenters. The molecule has 0 saturated carbocycles. The van der Waals surface area contributed by atoms with Crippen LogP contribution in [-0.2, 0) is 6.61 Å². The van der Waals surface area contributed by atoms with Gasteiger partial charge in [0, 0.05) is 5.75 Å². The van der Waals surface area contributed by atoms with Gasteiger partial charge < -0.3 is 17.1 Å². The molecule has 0 amide bonds. The molecule has 0 fully saturated rings. The second-order valence-corrected chi connectivity index (χ2v) is 3.00. The van der Waals surface area contributed by atoms with Gasteiger partial charge in [0.2, 0.25) is 0 Å². The Bertz CT molecular complexity index is 338. The molecule has 0 saturated heterocycles. The summed E-state index contributed by atoms with van der Waals surface area (Å²) in [6.45, 7) is 0.599. The van der Waals surface area contributed by atoms with Gasteiger partial charge in [0.15, 0.2) is 0 Å². The molecule has 0 N–H and O–H groups in total. The van der Waals surface area contributed by atoms with Crippen molar-refractivity contribution in [2.75, 3.05) is 0 Å². The summed E-state index contributed by atoms with van der Waals surface area (Å²) >= 11 is 0. The zero-order valence-electron chi connectivity index (χ0n) is 8.90. The summed E-state index contributed by atoms with van der Waals surface area (Å²) in [7, 11) is 0. The van der Waals surface area contributed by atoms with E-state index in [1.54, 1.807) is 0 Å². The average Bonchev–Trinajstić information content (AvgIpc) is 2.29. The molecule has 78 valence electrons. The van der Waals surface area contributed by atoms with Crippen LogP contribution in [0, 0.1) is 6.07 Å². The third-order valence-corrected chi connectivity index (χ3v) is 1.92. The molecule has 0 radical (unpaired) electrons. The van der Waals surface area contributed by atoms with Crippen LogP contribution < -0.4 is 17.1 Å². The Morgan fingerprint density at radius 3 is 2.25 bits per heavy atom. The quantitative estimate of drug-likeness (QED) is 0.530. The van der Waals surface area contributed by atoms with Gasteiger partial charge in [-0.3, -0.25) is 0 Å². The van der Waals surface area contributed by atoms with Crippen molar-refractivity contribution in [3.05, 3.63) is 66.2 Å². The molecule has 0 aliphatic heterocycles. The van der Waals surface area contributed by atoms with Gasteiger partial charge in [-0.05, 0) is 5.56 Å². The minimum Gasteiger partial charge on any atom is -1.00 e. The van der Waals surface area contributed by atoms with Gasteiger partial charge in [-0.15, -0.1) is 12.1 Å². The Balaban J connectivity index is 0.00000112. The van der Waals surface area contributed by atoms with Crippen molar-refractivity contribution in [3.8, 4) is 5.75 Å². The number of ether oxygens (including phenoxy) is 1. The Labute approximate surface area is 118 Å². The molecular weight excluding hydrogens is 232 g/mol. The van der Waals surface area contributed by atoms with Crippen LogP contribution in [0.15, 0.2) is 54.6 Å². The van der Waals surface area contributed by atoms with E-state index in [9.17, 15) is 0 Å². The van der Waals surface area contributed by atoms with E-state index in [2.05, 4.69) is 6.07 Å². The second kappa shape index (κ2) is 8.45. The van der Waals surface area contributed by atoms with E-state index in [0.717, 1.165) is 5.75 Å². The predicted octanol–water partition coefficient (Wildman–Crippen LogP) is -0.311. The van der Waals surface area contributed by atoms with Gasteiger partial charge in [0.25, 0.3) is 0 Å². The monoisotopic (exact) mass is 242 g/mol. The molecule has 2 aromatic rings. The van der Waals surface area contributed by atoms with Crippen molar-refractivity contribution in [3.63, 3.8) is 0 Å². The van der Waals surface area contributed by atoms with E-state index in [4.69, 9.17) is 4.74 Å². The van der Waals surface area contributed by atoms with Crippen LogP contribution in [0.3, 0.4) is 0 Å². The minimum absolute atomic E-state index is 0. The van der Waals surface area contributed by atoms with Crippen molar-refractivity contribution in [1.29, 1.82) is 0 Å². The second-order valence-electron chi connectivity index (χ2n) is 3.00. The third-order valence-electron chi connectivity index (χ3n) is 1.92. The molecule has 3 heteroatoms. The van der Waals surface area contributed by atoms with E-state index in [1.807, 2.05) is 54.6 Å². The summed E-state index contributed by atoms with van der Waals surface area (Å²) < 4.78 is 5.54. The van der Waals surface area contributed by atoms with Crippen molar-refractivity contribution in [2.24, 2.45) is 0 Å². The van der Waals surface area contributed by atoms with E-state index in [1.165, 1.54) is 5.56 Å².